The maximum absolute atomic E-state index is 9.87. The second-order valence-corrected chi connectivity index (χ2v) is 6.68. The van der Waals surface area contributed by atoms with Gasteiger partial charge in [-0.1, -0.05) is 6.92 Å². The van der Waals surface area contributed by atoms with Crippen LogP contribution in [0.4, 0.5) is 11.6 Å². The van der Waals surface area contributed by atoms with Gasteiger partial charge in [0.05, 0.1) is 5.60 Å². The maximum Gasteiger partial charge on any atom is 0.225 e. The van der Waals surface area contributed by atoms with Crippen LogP contribution in [0.2, 0.25) is 10.6 Å². The molecule has 0 radical (unpaired) electrons. The Bertz CT molecular complexity index is 704. The van der Waals surface area contributed by atoms with Gasteiger partial charge in [-0.3, -0.25) is 0 Å². The normalized spacial score (nSPS) is 13.2. The lowest BCUT2D eigenvalue weighted by atomic mass is 10.1. The second kappa shape index (κ2) is 6.98. The Morgan fingerprint density at radius 1 is 1.04 bits per heavy atom. The monoisotopic (exact) mass is 358 g/mol. The van der Waals surface area contributed by atoms with Crippen molar-refractivity contribution in [3.05, 3.63) is 10.6 Å². The molecule has 2 heterocycles. The molecule has 3 N–H and O–H groups in total. The van der Waals surface area contributed by atoms with Crippen LogP contribution in [0.3, 0.4) is 0 Å². The fourth-order valence-electron chi connectivity index (χ4n) is 1.82. The number of aromatic nitrogens is 4. The molecule has 0 fully saturated rings. The zero-order valence-corrected chi connectivity index (χ0v) is 15.0. The molecule has 0 spiro atoms. The Kier molecular flexibility index (Phi) is 5.44. The smallest absolute Gasteiger partial charge is 0.225 e. The van der Waals surface area contributed by atoms with E-state index < -0.39 is 5.60 Å². The van der Waals surface area contributed by atoms with Crippen molar-refractivity contribution in [2.45, 2.75) is 45.8 Å². The summed E-state index contributed by atoms with van der Waals surface area (Å²) in [4.78, 5) is 16.8. The minimum absolute atomic E-state index is 0.0638. The molecular weight excluding hydrogens is 339 g/mol. The van der Waals surface area contributed by atoms with E-state index in [0.717, 1.165) is 6.42 Å². The molecule has 0 saturated heterocycles. The molecule has 0 aliphatic rings. The number of nitrogens with zero attached hydrogens (tertiary/aromatic N) is 4. The van der Waals surface area contributed by atoms with Gasteiger partial charge in [0.15, 0.2) is 11.6 Å². The summed E-state index contributed by atoms with van der Waals surface area (Å²) >= 11 is 12.0. The lowest BCUT2D eigenvalue weighted by Gasteiger charge is -2.19. The van der Waals surface area contributed by atoms with Crippen molar-refractivity contribution in [2.24, 2.45) is 0 Å². The number of rotatable bonds is 6. The average Bonchev–Trinajstić information content (AvgIpc) is 2.44. The number of anilines is 2. The molecule has 23 heavy (non-hydrogen) atoms. The quantitative estimate of drug-likeness (QED) is 0.682. The van der Waals surface area contributed by atoms with Crippen LogP contribution in [0.5, 0.6) is 0 Å². The Hall–Kier alpha value is -1.44. The molecule has 2 aromatic rings. The van der Waals surface area contributed by atoms with E-state index in [1.165, 1.54) is 0 Å². The summed E-state index contributed by atoms with van der Waals surface area (Å²) in [6.07, 6.45) is 0.908. The summed E-state index contributed by atoms with van der Waals surface area (Å²) in [5, 5.41) is 16.3. The van der Waals surface area contributed by atoms with Gasteiger partial charge in [-0.2, -0.15) is 9.97 Å². The minimum Gasteiger partial charge on any atom is -0.389 e. The topological polar surface area (TPSA) is 95.9 Å². The summed E-state index contributed by atoms with van der Waals surface area (Å²) in [6.45, 7) is 7.72. The number of nitrogens with one attached hydrogen (secondary N) is 2. The highest BCUT2D eigenvalue weighted by Crippen LogP contribution is 2.27. The van der Waals surface area contributed by atoms with Gasteiger partial charge >= 0.3 is 0 Å². The van der Waals surface area contributed by atoms with Crippen molar-refractivity contribution >= 4 is 45.9 Å². The molecule has 1 unspecified atom stereocenters. The van der Waals surface area contributed by atoms with E-state index in [9.17, 15) is 5.11 Å². The van der Waals surface area contributed by atoms with Gasteiger partial charge in [-0.25, -0.2) is 9.97 Å². The number of fused-ring (bicyclic) bond motifs is 1. The predicted octanol–water partition coefficient (Wildman–Crippen LogP) is 3.12. The Labute approximate surface area is 144 Å². The van der Waals surface area contributed by atoms with Crippen molar-refractivity contribution in [3.8, 4) is 0 Å². The highest BCUT2D eigenvalue weighted by atomic mass is 35.5. The third-order valence-electron chi connectivity index (χ3n) is 3.17. The zero-order valence-electron chi connectivity index (χ0n) is 13.5. The van der Waals surface area contributed by atoms with E-state index in [2.05, 4.69) is 37.5 Å². The van der Waals surface area contributed by atoms with Crippen LogP contribution in [0.15, 0.2) is 0 Å². The SMILES string of the molecule is CCC(C)Nc1nc(Cl)nc2c(NCC(C)(C)O)nc(Cl)nc12. The first-order valence-electron chi connectivity index (χ1n) is 7.33. The van der Waals surface area contributed by atoms with Crippen LogP contribution in [0.1, 0.15) is 34.1 Å². The summed E-state index contributed by atoms with van der Waals surface area (Å²) in [6, 6.07) is 0.186. The molecule has 126 valence electrons. The fraction of sp³-hybridized carbons (Fsp3) is 0.571. The molecule has 2 aromatic heterocycles. The predicted molar refractivity (Wildman–Crippen MR) is 93.3 cm³/mol. The van der Waals surface area contributed by atoms with Gasteiger partial charge in [0.1, 0.15) is 11.0 Å². The molecule has 0 saturated carbocycles. The molecule has 1 atom stereocenters. The first-order valence-corrected chi connectivity index (χ1v) is 8.08. The van der Waals surface area contributed by atoms with Gasteiger partial charge in [-0.05, 0) is 50.4 Å². The van der Waals surface area contributed by atoms with Gasteiger partial charge in [-0.15, -0.1) is 0 Å². The van der Waals surface area contributed by atoms with Gasteiger partial charge < -0.3 is 15.7 Å². The zero-order chi connectivity index (χ0) is 17.2. The molecule has 0 aromatic carbocycles. The molecule has 0 aliphatic heterocycles. The van der Waals surface area contributed by atoms with Crippen LogP contribution in [0.25, 0.3) is 11.0 Å². The Morgan fingerprint density at radius 2 is 1.57 bits per heavy atom. The molecule has 2 rings (SSSR count). The third-order valence-corrected chi connectivity index (χ3v) is 3.51. The van der Waals surface area contributed by atoms with Crippen molar-refractivity contribution in [2.75, 3.05) is 17.2 Å². The molecule has 7 nitrogen and oxygen atoms in total. The number of aliphatic hydroxyl groups is 1. The van der Waals surface area contributed by atoms with Crippen LogP contribution >= 0.6 is 23.2 Å². The van der Waals surface area contributed by atoms with Gasteiger partial charge in [0.25, 0.3) is 0 Å². The Balaban J connectivity index is 2.52. The number of hydrogen-bond acceptors (Lipinski definition) is 7. The van der Waals surface area contributed by atoms with Crippen LogP contribution in [-0.4, -0.2) is 43.2 Å². The van der Waals surface area contributed by atoms with Gasteiger partial charge in [0, 0.05) is 12.6 Å². The highest BCUT2D eigenvalue weighted by molar-refractivity contribution is 6.30. The van der Waals surface area contributed by atoms with E-state index >= 15 is 0 Å². The van der Waals surface area contributed by atoms with E-state index in [1.807, 2.05) is 6.92 Å². The molecular formula is C14H20Cl2N6O. The summed E-state index contributed by atoms with van der Waals surface area (Å²) in [5.41, 5.74) is 0.00987. The Morgan fingerprint density at radius 3 is 2.09 bits per heavy atom. The molecule has 0 amide bonds. The summed E-state index contributed by atoms with van der Waals surface area (Å²) in [5.74, 6) is 0.906. The van der Waals surface area contributed by atoms with E-state index in [-0.39, 0.29) is 23.2 Å². The van der Waals surface area contributed by atoms with Crippen LogP contribution in [-0.2, 0) is 0 Å². The second-order valence-electron chi connectivity index (χ2n) is 6.00. The van der Waals surface area contributed by atoms with Crippen LogP contribution < -0.4 is 10.6 Å². The lowest BCUT2D eigenvalue weighted by molar-refractivity contribution is 0.0944. The summed E-state index contributed by atoms with van der Waals surface area (Å²) < 4.78 is 0. The maximum atomic E-state index is 9.87. The third kappa shape index (κ3) is 4.76. The van der Waals surface area contributed by atoms with E-state index in [1.54, 1.807) is 13.8 Å². The number of halogens is 2. The molecule has 0 bridgehead atoms. The number of hydrogen-bond donors (Lipinski definition) is 3. The first kappa shape index (κ1) is 17.9. The van der Waals surface area contributed by atoms with Gasteiger partial charge in [0.2, 0.25) is 10.6 Å². The van der Waals surface area contributed by atoms with Crippen molar-refractivity contribution in [1.29, 1.82) is 0 Å². The lowest BCUT2D eigenvalue weighted by Crippen LogP contribution is -2.29. The van der Waals surface area contributed by atoms with Crippen molar-refractivity contribution in [1.82, 2.24) is 19.9 Å². The molecule has 9 heteroatoms. The fourth-order valence-corrected chi connectivity index (χ4v) is 2.16. The van der Waals surface area contributed by atoms with Crippen molar-refractivity contribution < 1.29 is 5.11 Å². The average molecular weight is 359 g/mol. The minimum atomic E-state index is -0.918. The largest absolute Gasteiger partial charge is 0.389 e. The highest BCUT2D eigenvalue weighted by Gasteiger charge is 2.18. The van der Waals surface area contributed by atoms with Crippen molar-refractivity contribution in [3.63, 3.8) is 0 Å². The van der Waals surface area contributed by atoms with Crippen LogP contribution in [0, 0.1) is 0 Å². The standard InChI is InChI=1S/C14H20Cl2N6O/c1-5-7(2)18-11-9-8(19-13(16)22-11)10(21-12(15)20-9)17-6-14(3,4)23/h7,23H,5-6H2,1-4H3,(H,17,20,21)(H,18,19,22). The summed E-state index contributed by atoms with van der Waals surface area (Å²) in [7, 11) is 0. The molecule has 0 aliphatic carbocycles. The van der Waals surface area contributed by atoms with E-state index in [0.29, 0.717) is 22.7 Å². The van der Waals surface area contributed by atoms with E-state index in [4.69, 9.17) is 23.2 Å². The first-order chi connectivity index (χ1) is 10.7.